The van der Waals surface area contributed by atoms with Gasteiger partial charge in [0.2, 0.25) is 0 Å². The van der Waals surface area contributed by atoms with Crippen molar-refractivity contribution in [2.24, 2.45) is 0 Å². The highest BCUT2D eigenvalue weighted by Crippen LogP contribution is 2.26. The first-order valence-electron chi connectivity index (χ1n) is 3.22. The van der Waals surface area contributed by atoms with Crippen molar-refractivity contribution in [1.29, 1.82) is 0 Å². The molecule has 1 amide bonds. The lowest BCUT2D eigenvalue weighted by atomic mass is 10.7. The van der Waals surface area contributed by atoms with Gasteiger partial charge in [0.25, 0.3) is 5.24 Å². The van der Waals surface area contributed by atoms with Crippen LogP contribution >= 0.6 is 23.1 Å². The highest BCUT2D eigenvalue weighted by Gasteiger charge is 2.23. The van der Waals surface area contributed by atoms with E-state index in [4.69, 9.17) is 0 Å². The Balaban J connectivity index is 2.23. The van der Waals surface area contributed by atoms with Gasteiger partial charge in [0.1, 0.15) is 0 Å². The molecule has 3 nitrogen and oxygen atoms in total. The molecule has 0 saturated carbocycles. The van der Waals surface area contributed by atoms with Crippen molar-refractivity contribution in [2.75, 3.05) is 17.2 Å². The van der Waals surface area contributed by atoms with Crippen molar-refractivity contribution in [3.8, 4) is 0 Å². The first kappa shape index (κ1) is 7.12. The van der Waals surface area contributed by atoms with E-state index >= 15 is 0 Å². The number of hydrogen-bond donors (Lipinski definition) is 0. The predicted octanol–water partition coefficient (Wildman–Crippen LogP) is 1.82. The summed E-state index contributed by atoms with van der Waals surface area (Å²) in [5, 5.41) is 2.82. The van der Waals surface area contributed by atoms with Crippen LogP contribution in [0.3, 0.4) is 0 Å². The molecular weight excluding hydrogens is 180 g/mol. The van der Waals surface area contributed by atoms with Crippen molar-refractivity contribution in [3.63, 3.8) is 0 Å². The Hall–Kier alpha value is -0.550. The van der Waals surface area contributed by atoms with Crippen molar-refractivity contribution in [2.45, 2.75) is 0 Å². The Morgan fingerprint density at radius 3 is 3.09 bits per heavy atom. The monoisotopic (exact) mass is 186 g/mol. The lowest BCUT2D eigenvalue weighted by Gasteiger charge is -2.08. The number of thiazole rings is 1. The van der Waals surface area contributed by atoms with Gasteiger partial charge in [-0.15, -0.1) is 11.3 Å². The van der Waals surface area contributed by atoms with E-state index in [9.17, 15) is 4.79 Å². The standard InChI is InChI=1S/C6H6N2OS2/c9-6-8(2-4-11-6)5-7-1-3-10-5/h1,3H,2,4H2. The van der Waals surface area contributed by atoms with Crippen LogP contribution in [0.25, 0.3) is 0 Å². The van der Waals surface area contributed by atoms with Crippen molar-refractivity contribution >= 4 is 33.5 Å². The average Bonchev–Trinajstić information content (AvgIpc) is 2.55. The zero-order chi connectivity index (χ0) is 7.68. The van der Waals surface area contributed by atoms with Gasteiger partial charge >= 0.3 is 0 Å². The van der Waals surface area contributed by atoms with Gasteiger partial charge in [0.05, 0.1) is 0 Å². The number of anilines is 1. The summed E-state index contributed by atoms with van der Waals surface area (Å²) >= 11 is 2.86. The third-order valence-electron chi connectivity index (χ3n) is 1.41. The maximum atomic E-state index is 11.1. The fraction of sp³-hybridized carbons (Fsp3) is 0.333. The van der Waals surface area contributed by atoms with Crippen molar-refractivity contribution in [3.05, 3.63) is 11.6 Å². The summed E-state index contributed by atoms with van der Waals surface area (Å²) in [5.41, 5.74) is 0. The summed E-state index contributed by atoms with van der Waals surface area (Å²) in [5.74, 6) is 0.887. The predicted molar refractivity (Wildman–Crippen MR) is 47.3 cm³/mol. The molecule has 1 aromatic rings. The molecule has 11 heavy (non-hydrogen) atoms. The smallest absolute Gasteiger partial charge is 0.278 e. The molecule has 0 aliphatic carbocycles. The van der Waals surface area contributed by atoms with Gasteiger partial charge in [-0.1, -0.05) is 11.8 Å². The fourth-order valence-corrected chi connectivity index (χ4v) is 2.42. The van der Waals surface area contributed by atoms with Gasteiger partial charge in [-0.2, -0.15) is 0 Å². The third kappa shape index (κ3) is 1.25. The maximum absolute atomic E-state index is 11.1. The van der Waals surface area contributed by atoms with Crippen LogP contribution in [0.15, 0.2) is 11.6 Å². The lowest BCUT2D eigenvalue weighted by molar-refractivity contribution is 0.266. The molecule has 1 aromatic heterocycles. The van der Waals surface area contributed by atoms with Crippen LogP contribution in [-0.2, 0) is 0 Å². The number of aromatic nitrogens is 1. The number of amides is 1. The summed E-state index contributed by atoms with van der Waals surface area (Å²) in [6, 6.07) is 0. The largest absolute Gasteiger partial charge is 0.287 e. The second-order valence-electron chi connectivity index (χ2n) is 2.08. The molecule has 2 heterocycles. The Morgan fingerprint density at radius 2 is 2.55 bits per heavy atom. The zero-order valence-electron chi connectivity index (χ0n) is 5.69. The van der Waals surface area contributed by atoms with Gasteiger partial charge in [-0.3, -0.25) is 9.69 Å². The number of hydrogen-bond acceptors (Lipinski definition) is 4. The molecule has 0 radical (unpaired) electrons. The second-order valence-corrected chi connectivity index (χ2v) is 4.00. The Kier molecular flexibility index (Phi) is 1.83. The number of thioether (sulfide) groups is 1. The van der Waals surface area contributed by atoms with Gasteiger partial charge in [0.15, 0.2) is 5.13 Å². The second kappa shape index (κ2) is 2.83. The van der Waals surface area contributed by atoms with Crippen LogP contribution in [-0.4, -0.2) is 22.5 Å². The van der Waals surface area contributed by atoms with E-state index in [0.717, 1.165) is 17.4 Å². The summed E-state index contributed by atoms with van der Waals surface area (Å²) in [6.07, 6.45) is 1.72. The molecule has 5 heteroatoms. The SMILES string of the molecule is O=C1SCCN1c1nccs1. The molecule has 58 valence electrons. The molecule has 1 saturated heterocycles. The molecule has 1 aliphatic heterocycles. The molecule has 0 spiro atoms. The quantitative estimate of drug-likeness (QED) is 0.670. The van der Waals surface area contributed by atoms with E-state index < -0.39 is 0 Å². The Bertz CT molecular complexity index is 260. The van der Waals surface area contributed by atoms with Crippen LogP contribution < -0.4 is 4.90 Å². The zero-order valence-corrected chi connectivity index (χ0v) is 7.32. The molecule has 0 aromatic carbocycles. The van der Waals surface area contributed by atoms with Crippen LogP contribution in [0, 0.1) is 0 Å². The number of carbonyl (C=O) groups excluding carboxylic acids is 1. The first-order chi connectivity index (χ1) is 5.38. The van der Waals surface area contributed by atoms with E-state index in [-0.39, 0.29) is 5.24 Å². The first-order valence-corrected chi connectivity index (χ1v) is 5.08. The molecule has 1 fully saturated rings. The minimum Gasteiger partial charge on any atom is -0.278 e. The van der Waals surface area contributed by atoms with E-state index in [2.05, 4.69) is 4.98 Å². The van der Waals surface area contributed by atoms with Crippen molar-refractivity contribution in [1.82, 2.24) is 4.98 Å². The highest BCUT2D eigenvalue weighted by molar-refractivity contribution is 8.14. The normalized spacial score (nSPS) is 17.8. The van der Waals surface area contributed by atoms with Crippen LogP contribution in [0.1, 0.15) is 0 Å². The van der Waals surface area contributed by atoms with Gasteiger partial charge in [-0.05, 0) is 0 Å². The van der Waals surface area contributed by atoms with Gasteiger partial charge < -0.3 is 0 Å². The molecular formula is C6H6N2OS2. The summed E-state index contributed by atoms with van der Waals surface area (Å²) in [6.45, 7) is 0.803. The Morgan fingerprint density at radius 1 is 1.64 bits per heavy atom. The molecule has 0 bridgehead atoms. The maximum Gasteiger partial charge on any atom is 0.287 e. The van der Waals surface area contributed by atoms with E-state index in [1.54, 1.807) is 11.1 Å². The molecule has 1 aliphatic rings. The van der Waals surface area contributed by atoms with E-state index in [0.29, 0.717) is 0 Å². The Labute approximate surface area is 72.4 Å². The molecule has 0 atom stereocenters. The highest BCUT2D eigenvalue weighted by atomic mass is 32.2. The molecule has 0 N–H and O–H groups in total. The van der Waals surface area contributed by atoms with Crippen LogP contribution in [0.4, 0.5) is 9.93 Å². The molecule has 2 rings (SSSR count). The van der Waals surface area contributed by atoms with Gasteiger partial charge in [0, 0.05) is 23.9 Å². The number of nitrogens with zero attached hydrogens (tertiary/aromatic N) is 2. The summed E-state index contributed by atoms with van der Waals surface area (Å²) < 4.78 is 0. The van der Waals surface area contributed by atoms with E-state index in [1.165, 1.54) is 23.1 Å². The van der Waals surface area contributed by atoms with Crippen LogP contribution in [0.2, 0.25) is 0 Å². The minimum absolute atomic E-state index is 0.125. The van der Waals surface area contributed by atoms with E-state index in [1.807, 2.05) is 5.38 Å². The molecule has 0 unspecified atom stereocenters. The van der Waals surface area contributed by atoms with Crippen LogP contribution in [0.5, 0.6) is 0 Å². The number of carbonyl (C=O) groups is 1. The minimum atomic E-state index is 0.125. The topological polar surface area (TPSA) is 33.2 Å². The average molecular weight is 186 g/mol. The summed E-state index contributed by atoms with van der Waals surface area (Å²) in [4.78, 5) is 16.9. The lowest BCUT2D eigenvalue weighted by Crippen LogP contribution is -2.21. The number of rotatable bonds is 1. The van der Waals surface area contributed by atoms with Gasteiger partial charge in [-0.25, -0.2) is 4.98 Å². The fourth-order valence-electron chi connectivity index (χ4n) is 0.916. The third-order valence-corrected chi connectivity index (χ3v) is 3.06. The summed E-state index contributed by atoms with van der Waals surface area (Å²) in [7, 11) is 0. The van der Waals surface area contributed by atoms with Crippen molar-refractivity contribution < 1.29 is 4.79 Å².